The molecule has 0 saturated heterocycles. The fraction of sp³-hybridized carbons (Fsp3) is 0.364. The van der Waals surface area contributed by atoms with Crippen LogP contribution < -0.4 is 4.74 Å². The summed E-state index contributed by atoms with van der Waals surface area (Å²) in [6, 6.07) is 3.99. The van der Waals surface area contributed by atoms with Crippen molar-refractivity contribution in [3.8, 4) is 5.75 Å². The summed E-state index contributed by atoms with van der Waals surface area (Å²) < 4.78 is 18.4. The summed E-state index contributed by atoms with van der Waals surface area (Å²) in [5.74, 6) is -1.56. The van der Waals surface area contributed by atoms with Crippen LogP contribution in [0.2, 0.25) is 0 Å². The summed E-state index contributed by atoms with van der Waals surface area (Å²) in [6.45, 7) is 1.81. The van der Waals surface area contributed by atoms with E-state index in [0.717, 1.165) is 0 Å². The van der Waals surface area contributed by atoms with Crippen molar-refractivity contribution in [3.63, 3.8) is 0 Å². The first kappa shape index (κ1) is 9.96. The van der Waals surface area contributed by atoms with Crippen LogP contribution >= 0.6 is 0 Å². The largest absolute Gasteiger partial charge is 0.490 e. The molecule has 15 heavy (non-hydrogen) atoms. The normalized spacial score (nSPS) is 24.1. The van der Waals surface area contributed by atoms with Crippen LogP contribution in [0.4, 0.5) is 4.39 Å². The zero-order valence-corrected chi connectivity index (χ0v) is 8.24. The minimum Gasteiger partial charge on any atom is -0.490 e. The van der Waals surface area contributed by atoms with Crippen LogP contribution in [0.25, 0.3) is 0 Å². The smallest absolute Gasteiger partial charge is 0.311 e. The highest BCUT2D eigenvalue weighted by Crippen LogP contribution is 2.36. The summed E-state index contributed by atoms with van der Waals surface area (Å²) in [4.78, 5) is 11.0. The zero-order valence-electron chi connectivity index (χ0n) is 8.24. The lowest BCUT2D eigenvalue weighted by molar-refractivity contribution is -0.139. The van der Waals surface area contributed by atoms with E-state index >= 15 is 0 Å². The molecule has 0 fully saturated rings. The number of hydrogen-bond acceptors (Lipinski definition) is 2. The Balaban J connectivity index is 2.47. The molecule has 1 aromatic carbocycles. The van der Waals surface area contributed by atoms with Gasteiger partial charge in [-0.15, -0.1) is 0 Å². The van der Waals surface area contributed by atoms with Gasteiger partial charge >= 0.3 is 5.97 Å². The molecule has 0 radical (unpaired) electrons. The minimum absolute atomic E-state index is 0.149. The Kier molecular flexibility index (Phi) is 2.34. The van der Waals surface area contributed by atoms with Crippen molar-refractivity contribution < 1.29 is 19.0 Å². The van der Waals surface area contributed by atoms with Crippen LogP contribution in [0, 0.1) is 5.82 Å². The van der Waals surface area contributed by atoms with Crippen molar-refractivity contribution in [1.29, 1.82) is 0 Å². The number of hydrogen-bond donors (Lipinski definition) is 1. The average Bonchev–Trinajstić information content (AvgIpc) is 2.17. The number of carbonyl (C=O) groups is 1. The van der Waals surface area contributed by atoms with E-state index < -0.39 is 17.7 Å². The number of carboxylic acids is 1. The first-order valence-electron chi connectivity index (χ1n) is 4.77. The Labute approximate surface area is 86.5 Å². The second kappa shape index (κ2) is 3.53. The molecular weight excluding hydrogens is 199 g/mol. The number of benzene rings is 1. The monoisotopic (exact) mass is 210 g/mol. The van der Waals surface area contributed by atoms with Gasteiger partial charge in [0.2, 0.25) is 0 Å². The average molecular weight is 210 g/mol. The summed E-state index contributed by atoms with van der Waals surface area (Å²) in [5, 5.41) is 9.02. The number of halogens is 1. The number of carboxylic acid groups (broad SMARTS) is 1. The molecule has 1 aliphatic rings. The molecule has 2 unspecified atom stereocenters. The van der Waals surface area contributed by atoms with Crippen LogP contribution in [0.3, 0.4) is 0 Å². The highest BCUT2D eigenvalue weighted by Gasteiger charge is 2.31. The van der Waals surface area contributed by atoms with Gasteiger partial charge in [-0.05, 0) is 25.1 Å². The van der Waals surface area contributed by atoms with Gasteiger partial charge in [-0.1, -0.05) is 0 Å². The van der Waals surface area contributed by atoms with E-state index in [2.05, 4.69) is 0 Å². The number of fused-ring (bicyclic) bond motifs is 1. The van der Waals surface area contributed by atoms with Gasteiger partial charge in [-0.3, -0.25) is 4.79 Å². The van der Waals surface area contributed by atoms with Crippen molar-refractivity contribution in [2.75, 3.05) is 0 Å². The SMILES string of the molecule is CC1CC(C(=O)O)c2cc(F)ccc2O1. The Morgan fingerprint density at radius 3 is 3.00 bits per heavy atom. The Bertz CT molecular complexity index is 403. The quantitative estimate of drug-likeness (QED) is 0.772. The van der Waals surface area contributed by atoms with Crippen molar-refractivity contribution in [2.45, 2.75) is 25.4 Å². The van der Waals surface area contributed by atoms with E-state index in [9.17, 15) is 9.18 Å². The second-order valence-corrected chi connectivity index (χ2v) is 3.74. The standard InChI is InChI=1S/C11H11FO3/c1-6-4-9(11(13)14)8-5-7(12)2-3-10(8)15-6/h2-3,5-6,9H,4H2,1H3,(H,13,14). The van der Waals surface area contributed by atoms with E-state index in [1.807, 2.05) is 6.92 Å². The fourth-order valence-electron chi connectivity index (χ4n) is 1.86. The molecule has 1 aromatic rings. The fourth-order valence-corrected chi connectivity index (χ4v) is 1.86. The van der Waals surface area contributed by atoms with Gasteiger partial charge in [-0.2, -0.15) is 0 Å². The Hall–Kier alpha value is -1.58. The van der Waals surface area contributed by atoms with E-state index in [1.54, 1.807) is 0 Å². The first-order chi connectivity index (χ1) is 7.08. The molecule has 0 aromatic heterocycles. The van der Waals surface area contributed by atoms with Crippen LogP contribution in [0.15, 0.2) is 18.2 Å². The lowest BCUT2D eigenvalue weighted by atomic mass is 9.90. The van der Waals surface area contributed by atoms with Crippen LogP contribution in [-0.4, -0.2) is 17.2 Å². The number of rotatable bonds is 1. The van der Waals surface area contributed by atoms with Crippen molar-refractivity contribution in [3.05, 3.63) is 29.6 Å². The highest BCUT2D eigenvalue weighted by molar-refractivity contribution is 5.77. The van der Waals surface area contributed by atoms with Crippen molar-refractivity contribution >= 4 is 5.97 Å². The van der Waals surface area contributed by atoms with Gasteiger partial charge in [0.05, 0.1) is 12.0 Å². The maximum Gasteiger partial charge on any atom is 0.311 e. The molecule has 3 nitrogen and oxygen atoms in total. The molecule has 0 amide bonds. The molecule has 2 atom stereocenters. The highest BCUT2D eigenvalue weighted by atomic mass is 19.1. The molecule has 0 saturated carbocycles. The molecule has 80 valence electrons. The number of ether oxygens (including phenoxy) is 1. The maximum absolute atomic E-state index is 13.0. The first-order valence-corrected chi connectivity index (χ1v) is 4.77. The Morgan fingerprint density at radius 2 is 2.33 bits per heavy atom. The van der Waals surface area contributed by atoms with Gasteiger partial charge in [-0.25, -0.2) is 4.39 Å². The van der Waals surface area contributed by atoms with Crippen LogP contribution in [-0.2, 0) is 4.79 Å². The molecule has 1 heterocycles. The predicted octanol–water partition coefficient (Wildman–Crippen LogP) is 2.16. The second-order valence-electron chi connectivity index (χ2n) is 3.74. The van der Waals surface area contributed by atoms with Crippen LogP contribution in [0.1, 0.15) is 24.8 Å². The molecule has 4 heteroatoms. The molecule has 0 bridgehead atoms. The topological polar surface area (TPSA) is 46.5 Å². The molecule has 0 aliphatic carbocycles. The third-order valence-corrected chi connectivity index (χ3v) is 2.54. The van der Waals surface area contributed by atoms with Crippen molar-refractivity contribution in [2.24, 2.45) is 0 Å². The Morgan fingerprint density at radius 1 is 1.60 bits per heavy atom. The molecular formula is C11H11FO3. The van der Waals surface area contributed by atoms with E-state index in [-0.39, 0.29) is 6.10 Å². The van der Waals surface area contributed by atoms with Gasteiger partial charge in [0.1, 0.15) is 11.6 Å². The third-order valence-electron chi connectivity index (χ3n) is 2.54. The summed E-state index contributed by atoms with van der Waals surface area (Å²) in [5.41, 5.74) is 0.431. The summed E-state index contributed by atoms with van der Waals surface area (Å²) in [6.07, 6.45) is 0.232. The van der Waals surface area contributed by atoms with Gasteiger partial charge in [0, 0.05) is 12.0 Å². The summed E-state index contributed by atoms with van der Waals surface area (Å²) in [7, 11) is 0. The van der Waals surface area contributed by atoms with E-state index in [0.29, 0.717) is 17.7 Å². The molecule has 1 N–H and O–H groups in total. The molecule has 2 rings (SSSR count). The van der Waals surface area contributed by atoms with Crippen molar-refractivity contribution in [1.82, 2.24) is 0 Å². The minimum atomic E-state index is -0.933. The number of aliphatic carboxylic acids is 1. The van der Waals surface area contributed by atoms with Gasteiger partial charge in [0.25, 0.3) is 0 Å². The molecule has 0 spiro atoms. The summed E-state index contributed by atoms with van der Waals surface area (Å²) >= 11 is 0. The van der Waals surface area contributed by atoms with Gasteiger partial charge < -0.3 is 9.84 Å². The molecule has 1 aliphatic heterocycles. The lowest BCUT2D eigenvalue weighted by Crippen LogP contribution is -2.27. The lowest BCUT2D eigenvalue weighted by Gasteiger charge is -2.27. The van der Waals surface area contributed by atoms with E-state index in [1.165, 1.54) is 18.2 Å². The van der Waals surface area contributed by atoms with Gasteiger partial charge in [0.15, 0.2) is 0 Å². The van der Waals surface area contributed by atoms with Crippen LogP contribution in [0.5, 0.6) is 5.75 Å². The maximum atomic E-state index is 13.0. The predicted molar refractivity (Wildman–Crippen MR) is 51.5 cm³/mol. The third kappa shape index (κ3) is 1.79. The zero-order chi connectivity index (χ0) is 11.0. The van der Waals surface area contributed by atoms with E-state index in [4.69, 9.17) is 9.84 Å².